The molecule has 1 saturated heterocycles. The van der Waals surface area contributed by atoms with Crippen molar-refractivity contribution >= 4 is 56.5 Å². The highest BCUT2D eigenvalue weighted by Gasteiger charge is 2.30. The molecule has 0 spiro atoms. The number of hydrogen-bond acceptors (Lipinski definition) is 6. The third-order valence-electron chi connectivity index (χ3n) is 3.97. The van der Waals surface area contributed by atoms with Crippen molar-refractivity contribution in [1.82, 2.24) is 4.90 Å². The molecule has 28 heavy (non-hydrogen) atoms. The Kier molecular flexibility index (Phi) is 6.21. The number of amides is 1. The molecule has 1 amide bonds. The number of rotatable bonds is 4. The highest BCUT2D eigenvalue weighted by Crippen LogP contribution is 2.35. The number of aliphatic imine (C=N–C) groups is 1. The molecular formula is C20H17BrN2O4S. The van der Waals surface area contributed by atoms with Crippen LogP contribution in [0, 0.1) is 0 Å². The molecular weight excluding hydrogens is 444 g/mol. The number of ether oxygens (including phenoxy) is 2. The van der Waals surface area contributed by atoms with E-state index < -0.39 is 5.97 Å². The first-order valence-corrected chi connectivity index (χ1v) is 9.82. The second-order valence-corrected chi connectivity index (χ2v) is 7.72. The topological polar surface area (TPSA) is 68.2 Å². The number of thioether (sulfide) groups is 1. The Bertz CT molecular complexity index is 1000. The molecule has 1 aliphatic heterocycles. The molecule has 0 aromatic heterocycles. The number of benzene rings is 2. The lowest BCUT2D eigenvalue weighted by atomic mass is 10.2. The van der Waals surface area contributed by atoms with E-state index in [1.807, 2.05) is 18.2 Å². The van der Waals surface area contributed by atoms with Gasteiger partial charge in [-0.3, -0.25) is 9.69 Å². The number of amidine groups is 1. The summed E-state index contributed by atoms with van der Waals surface area (Å²) in [5.74, 6) is 0.0747. The van der Waals surface area contributed by atoms with Crippen molar-refractivity contribution in [3.8, 4) is 5.75 Å². The van der Waals surface area contributed by atoms with E-state index in [4.69, 9.17) is 9.47 Å². The average Bonchev–Trinajstić information content (AvgIpc) is 2.95. The van der Waals surface area contributed by atoms with Crippen LogP contribution in [0.4, 0.5) is 5.69 Å². The number of carbonyl (C=O) groups excluding carboxylic acids is 2. The second-order valence-electron chi connectivity index (χ2n) is 5.80. The number of carbonyl (C=O) groups is 2. The van der Waals surface area contributed by atoms with E-state index in [-0.39, 0.29) is 5.91 Å². The van der Waals surface area contributed by atoms with Crippen LogP contribution in [-0.2, 0) is 9.53 Å². The van der Waals surface area contributed by atoms with Gasteiger partial charge in [0.1, 0.15) is 5.75 Å². The Balaban J connectivity index is 1.93. The summed E-state index contributed by atoms with van der Waals surface area (Å²) >= 11 is 4.70. The van der Waals surface area contributed by atoms with Crippen LogP contribution >= 0.6 is 27.7 Å². The van der Waals surface area contributed by atoms with Gasteiger partial charge in [0.15, 0.2) is 5.17 Å². The molecule has 0 aliphatic carbocycles. The van der Waals surface area contributed by atoms with Crippen molar-refractivity contribution < 1.29 is 19.1 Å². The van der Waals surface area contributed by atoms with Crippen LogP contribution in [0.2, 0.25) is 0 Å². The third-order valence-corrected chi connectivity index (χ3v) is 5.53. The average molecular weight is 461 g/mol. The number of halogens is 1. The molecule has 0 unspecified atom stereocenters. The molecule has 2 aromatic carbocycles. The minimum Gasteiger partial charge on any atom is -0.496 e. The Morgan fingerprint density at radius 2 is 2.00 bits per heavy atom. The molecule has 144 valence electrons. The zero-order valence-corrected chi connectivity index (χ0v) is 17.8. The maximum absolute atomic E-state index is 12.6. The van der Waals surface area contributed by atoms with Crippen LogP contribution in [0.3, 0.4) is 0 Å². The molecule has 1 aliphatic rings. The van der Waals surface area contributed by atoms with Gasteiger partial charge in [-0.15, -0.1) is 0 Å². The highest BCUT2D eigenvalue weighted by atomic mass is 79.9. The van der Waals surface area contributed by atoms with E-state index in [0.717, 1.165) is 10.0 Å². The highest BCUT2D eigenvalue weighted by molar-refractivity contribution is 9.10. The summed E-state index contributed by atoms with van der Waals surface area (Å²) in [5.41, 5.74) is 1.75. The van der Waals surface area contributed by atoms with Gasteiger partial charge in [-0.1, -0.05) is 22.0 Å². The van der Waals surface area contributed by atoms with Crippen molar-refractivity contribution in [2.45, 2.75) is 0 Å². The summed E-state index contributed by atoms with van der Waals surface area (Å²) in [6, 6.07) is 12.3. The van der Waals surface area contributed by atoms with Crippen LogP contribution in [0.1, 0.15) is 15.9 Å². The molecule has 0 radical (unpaired) electrons. The fourth-order valence-corrected chi connectivity index (χ4v) is 3.90. The zero-order valence-electron chi connectivity index (χ0n) is 15.4. The Labute approximate surface area is 175 Å². The smallest absolute Gasteiger partial charge is 0.337 e. The summed E-state index contributed by atoms with van der Waals surface area (Å²) < 4.78 is 11.0. The normalized spacial score (nSPS) is 16.7. The van der Waals surface area contributed by atoms with E-state index >= 15 is 0 Å². The third kappa shape index (κ3) is 4.28. The number of esters is 1. The van der Waals surface area contributed by atoms with Crippen molar-refractivity contribution in [2.24, 2.45) is 4.99 Å². The standard InChI is InChI=1S/C20H17BrN2O4S/c1-23-18(24)17(11-13-9-14(21)7-8-16(13)26-2)28-20(23)22-15-6-4-5-12(10-15)19(25)27-3/h4-11H,1-3H3. The van der Waals surface area contributed by atoms with Crippen LogP contribution in [0.25, 0.3) is 6.08 Å². The molecule has 0 atom stereocenters. The summed E-state index contributed by atoms with van der Waals surface area (Å²) in [6.45, 7) is 0. The molecule has 0 bridgehead atoms. The number of hydrogen-bond donors (Lipinski definition) is 0. The summed E-state index contributed by atoms with van der Waals surface area (Å²) in [7, 11) is 4.58. The van der Waals surface area contributed by atoms with E-state index in [0.29, 0.717) is 27.1 Å². The quantitative estimate of drug-likeness (QED) is 0.496. The number of methoxy groups -OCH3 is 2. The van der Waals surface area contributed by atoms with E-state index in [1.54, 1.807) is 44.5 Å². The van der Waals surface area contributed by atoms with Crippen molar-refractivity contribution in [3.05, 3.63) is 63.0 Å². The van der Waals surface area contributed by atoms with Crippen LogP contribution < -0.4 is 4.74 Å². The van der Waals surface area contributed by atoms with E-state index in [2.05, 4.69) is 20.9 Å². The van der Waals surface area contributed by atoms with Gasteiger partial charge in [0.2, 0.25) is 0 Å². The second kappa shape index (κ2) is 8.62. The first kappa shape index (κ1) is 20.2. The molecule has 8 heteroatoms. The fraction of sp³-hybridized carbons (Fsp3) is 0.150. The van der Waals surface area contributed by atoms with Gasteiger partial charge in [0.25, 0.3) is 5.91 Å². The first-order valence-electron chi connectivity index (χ1n) is 8.21. The lowest BCUT2D eigenvalue weighted by Crippen LogP contribution is -2.23. The van der Waals surface area contributed by atoms with Crippen LogP contribution in [0.15, 0.2) is 56.8 Å². The van der Waals surface area contributed by atoms with Crippen molar-refractivity contribution in [1.29, 1.82) is 0 Å². The Morgan fingerprint density at radius 3 is 2.71 bits per heavy atom. The van der Waals surface area contributed by atoms with E-state index in [1.165, 1.54) is 23.8 Å². The van der Waals surface area contributed by atoms with Gasteiger partial charge in [-0.05, 0) is 54.2 Å². The van der Waals surface area contributed by atoms with Crippen molar-refractivity contribution in [3.63, 3.8) is 0 Å². The van der Waals surface area contributed by atoms with Gasteiger partial charge in [0, 0.05) is 17.1 Å². The van der Waals surface area contributed by atoms with Gasteiger partial charge in [-0.25, -0.2) is 9.79 Å². The lowest BCUT2D eigenvalue weighted by Gasteiger charge is -2.07. The molecule has 1 heterocycles. The van der Waals surface area contributed by atoms with Gasteiger partial charge in [0.05, 0.1) is 30.4 Å². The van der Waals surface area contributed by atoms with Gasteiger partial charge in [-0.2, -0.15) is 0 Å². The maximum atomic E-state index is 12.6. The number of likely N-dealkylation sites (N-methyl/N-ethyl adjacent to an activating group) is 1. The van der Waals surface area contributed by atoms with Crippen LogP contribution in [0.5, 0.6) is 5.75 Å². The Hall–Kier alpha value is -2.58. The predicted molar refractivity (Wildman–Crippen MR) is 114 cm³/mol. The fourth-order valence-electron chi connectivity index (χ4n) is 2.54. The molecule has 3 rings (SSSR count). The maximum Gasteiger partial charge on any atom is 0.337 e. The van der Waals surface area contributed by atoms with Gasteiger partial charge >= 0.3 is 5.97 Å². The lowest BCUT2D eigenvalue weighted by molar-refractivity contribution is -0.121. The van der Waals surface area contributed by atoms with Crippen LogP contribution in [-0.4, -0.2) is 43.2 Å². The Morgan fingerprint density at radius 1 is 1.21 bits per heavy atom. The van der Waals surface area contributed by atoms with Crippen molar-refractivity contribution in [2.75, 3.05) is 21.3 Å². The molecule has 2 aromatic rings. The van der Waals surface area contributed by atoms with E-state index in [9.17, 15) is 9.59 Å². The SMILES string of the molecule is COC(=O)c1cccc(N=C2SC(=Cc3cc(Br)ccc3OC)C(=O)N2C)c1. The molecule has 0 N–H and O–H groups in total. The minimum atomic E-state index is -0.437. The minimum absolute atomic E-state index is 0.157. The number of nitrogens with zero attached hydrogens (tertiary/aromatic N) is 2. The summed E-state index contributed by atoms with van der Waals surface area (Å²) in [6.07, 6.45) is 1.78. The molecule has 1 fully saturated rings. The summed E-state index contributed by atoms with van der Waals surface area (Å²) in [4.78, 5) is 30.9. The largest absolute Gasteiger partial charge is 0.496 e. The molecule has 6 nitrogen and oxygen atoms in total. The summed E-state index contributed by atoms with van der Waals surface area (Å²) in [5, 5.41) is 0.521. The monoisotopic (exact) mass is 460 g/mol. The first-order chi connectivity index (χ1) is 13.4. The zero-order chi connectivity index (χ0) is 20.3. The van der Waals surface area contributed by atoms with Gasteiger partial charge < -0.3 is 9.47 Å². The predicted octanol–water partition coefficient (Wildman–Crippen LogP) is 4.48. The molecule has 0 saturated carbocycles.